The predicted octanol–water partition coefficient (Wildman–Crippen LogP) is 3.73. The van der Waals surface area contributed by atoms with E-state index in [9.17, 15) is 13.2 Å². The summed E-state index contributed by atoms with van der Waals surface area (Å²) in [6, 6.07) is 9.63. The molecule has 27 heavy (non-hydrogen) atoms. The average molecular weight is 426 g/mol. The molecule has 1 aliphatic heterocycles. The van der Waals surface area contributed by atoms with E-state index in [1.54, 1.807) is 25.1 Å². The molecular weight excluding hydrogens is 406 g/mol. The van der Waals surface area contributed by atoms with Crippen molar-refractivity contribution in [1.82, 2.24) is 9.73 Å². The molecule has 0 unspecified atom stereocenters. The molecule has 1 aromatic heterocycles. The smallest absolute Gasteiger partial charge is 0.267 e. The molecule has 3 rings (SSSR count). The first-order valence-electron chi connectivity index (χ1n) is 8.58. The summed E-state index contributed by atoms with van der Waals surface area (Å²) < 4.78 is 27.7. The molecule has 0 spiro atoms. The largest absolute Gasteiger partial charge is 0.271 e. The van der Waals surface area contributed by atoms with Crippen LogP contribution in [0.1, 0.15) is 41.4 Å². The van der Waals surface area contributed by atoms with Crippen molar-refractivity contribution in [2.45, 2.75) is 31.1 Å². The van der Waals surface area contributed by atoms with Gasteiger partial charge in [-0.1, -0.05) is 24.1 Å². The number of nitrogens with zero attached hydrogens (tertiary/aromatic N) is 2. The minimum atomic E-state index is -3.59. The van der Waals surface area contributed by atoms with E-state index in [2.05, 4.69) is 10.5 Å². The first kappa shape index (κ1) is 20.0. The molecule has 6 nitrogen and oxygen atoms in total. The molecule has 9 heteroatoms. The average Bonchev–Trinajstić information content (AvgIpc) is 3.13. The molecule has 0 saturated carbocycles. The maximum atomic E-state index is 12.8. The molecule has 1 fully saturated rings. The zero-order valence-corrected chi connectivity index (χ0v) is 17.2. The lowest BCUT2D eigenvalue weighted by Gasteiger charge is -2.25. The van der Waals surface area contributed by atoms with Gasteiger partial charge < -0.3 is 0 Å². The highest BCUT2D eigenvalue weighted by atomic mass is 35.5. The number of sulfonamides is 1. The third kappa shape index (κ3) is 4.76. The van der Waals surface area contributed by atoms with Crippen molar-refractivity contribution in [3.05, 3.63) is 51.2 Å². The van der Waals surface area contributed by atoms with Gasteiger partial charge in [0.05, 0.1) is 19.8 Å². The monoisotopic (exact) mass is 425 g/mol. The highest BCUT2D eigenvalue weighted by Crippen LogP contribution is 2.22. The fourth-order valence-corrected chi connectivity index (χ4v) is 5.37. The Morgan fingerprint density at radius 2 is 1.93 bits per heavy atom. The van der Waals surface area contributed by atoms with Crippen molar-refractivity contribution >= 4 is 44.6 Å². The minimum absolute atomic E-state index is 0.128. The maximum absolute atomic E-state index is 12.8. The van der Waals surface area contributed by atoms with Crippen LogP contribution in [0.2, 0.25) is 4.34 Å². The van der Waals surface area contributed by atoms with Crippen molar-refractivity contribution in [3.8, 4) is 0 Å². The normalized spacial score (nSPS) is 16.3. The highest BCUT2D eigenvalue weighted by molar-refractivity contribution is 7.89. The number of thiophene rings is 1. The van der Waals surface area contributed by atoms with Crippen molar-refractivity contribution in [1.29, 1.82) is 0 Å². The molecule has 144 valence electrons. The van der Waals surface area contributed by atoms with Gasteiger partial charge >= 0.3 is 0 Å². The molecule has 0 radical (unpaired) electrons. The van der Waals surface area contributed by atoms with Crippen LogP contribution in [0.25, 0.3) is 0 Å². The van der Waals surface area contributed by atoms with Crippen LogP contribution in [-0.4, -0.2) is 37.4 Å². The number of benzene rings is 1. The molecule has 1 aromatic carbocycles. The highest BCUT2D eigenvalue weighted by Gasteiger charge is 2.26. The predicted molar refractivity (Wildman–Crippen MR) is 108 cm³/mol. The number of hydrazone groups is 1. The minimum Gasteiger partial charge on any atom is -0.267 e. The molecule has 2 aromatic rings. The topological polar surface area (TPSA) is 78.8 Å². The van der Waals surface area contributed by atoms with E-state index in [1.165, 1.54) is 27.8 Å². The lowest BCUT2D eigenvalue weighted by molar-refractivity contribution is 0.0954. The number of carbonyl (C=O) groups excluding carboxylic acids is 1. The third-order valence-corrected chi connectivity index (χ3v) is 7.54. The summed E-state index contributed by atoms with van der Waals surface area (Å²) in [5, 5.41) is 4.07. The van der Waals surface area contributed by atoms with Gasteiger partial charge in [-0.25, -0.2) is 13.8 Å². The SMILES string of the molecule is CC(=NNC(=O)c1cccc(S(=O)(=O)N2CCCCC2)c1)c1ccc(Cl)s1. The van der Waals surface area contributed by atoms with Gasteiger partial charge in [-0.05, 0) is 50.1 Å². The molecule has 1 aliphatic rings. The van der Waals surface area contributed by atoms with Gasteiger partial charge in [0.15, 0.2) is 0 Å². The van der Waals surface area contributed by atoms with Crippen LogP contribution in [0.15, 0.2) is 46.4 Å². The Bertz CT molecular complexity index is 964. The van der Waals surface area contributed by atoms with Gasteiger partial charge in [0.1, 0.15) is 0 Å². The number of piperidine rings is 1. The van der Waals surface area contributed by atoms with Gasteiger partial charge in [0, 0.05) is 18.7 Å². The quantitative estimate of drug-likeness (QED) is 0.585. The first-order valence-corrected chi connectivity index (χ1v) is 11.2. The van der Waals surface area contributed by atoms with Gasteiger partial charge in [-0.15, -0.1) is 11.3 Å². The van der Waals surface area contributed by atoms with Crippen LogP contribution in [-0.2, 0) is 10.0 Å². The lowest BCUT2D eigenvalue weighted by Crippen LogP contribution is -2.35. The summed E-state index contributed by atoms with van der Waals surface area (Å²) in [6.45, 7) is 2.80. The van der Waals surface area contributed by atoms with Crippen LogP contribution in [0.4, 0.5) is 0 Å². The van der Waals surface area contributed by atoms with Crippen LogP contribution < -0.4 is 5.43 Å². The number of nitrogens with one attached hydrogen (secondary N) is 1. The number of hydrogen-bond acceptors (Lipinski definition) is 5. The first-order chi connectivity index (χ1) is 12.9. The Hall–Kier alpha value is -1.74. The second-order valence-electron chi connectivity index (χ2n) is 6.23. The second kappa shape index (κ2) is 8.52. The second-order valence-corrected chi connectivity index (χ2v) is 9.89. The molecule has 0 aliphatic carbocycles. The standard InChI is InChI=1S/C18H20ClN3O3S2/c1-13(16-8-9-17(19)26-16)20-21-18(23)14-6-5-7-15(12-14)27(24,25)22-10-3-2-4-11-22/h5-9,12H,2-4,10-11H2,1H3,(H,21,23). The van der Waals surface area contributed by atoms with Gasteiger partial charge in [0.25, 0.3) is 5.91 Å². The molecule has 0 atom stereocenters. The van der Waals surface area contributed by atoms with Crippen molar-refractivity contribution in [2.75, 3.05) is 13.1 Å². The van der Waals surface area contributed by atoms with Crippen molar-refractivity contribution in [3.63, 3.8) is 0 Å². The van der Waals surface area contributed by atoms with Gasteiger partial charge in [-0.2, -0.15) is 9.41 Å². The molecule has 0 bridgehead atoms. The van der Waals surface area contributed by atoms with Crippen molar-refractivity contribution in [2.24, 2.45) is 5.10 Å². The van der Waals surface area contributed by atoms with Gasteiger partial charge in [0.2, 0.25) is 10.0 Å². The van der Waals surface area contributed by atoms with Crippen molar-refractivity contribution < 1.29 is 13.2 Å². The van der Waals surface area contributed by atoms with E-state index in [-0.39, 0.29) is 10.5 Å². The fraction of sp³-hybridized carbons (Fsp3) is 0.333. The summed E-state index contributed by atoms with van der Waals surface area (Å²) in [5.74, 6) is -0.465. The summed E-state index contributed by atoms with van der Waals surface area (Å²) in [4.78, 5) is 13.4. The van der Waals surface area contributed by atoms with Crippen LogP contribution in [0, 0.1) is 0 Å². The summed E-state index contributed by atoms with van der Waals surface area (Å²) in [5.41, 5.74) is 3.34. The number of carbonyl (C=O) groups is 1. The fourth-order valence-electron chi connectivity index (χ4n) is 2.82. The van der Waals surface area contributed by atoms with E-state index >= 15 is 0 Å². The van der Waals surface area contributed by atoms with Crippen LogP contribution >= 0.6 is 22.9 Å². The number of rotatable bonds is 5. The van der Waals surface area contributed by atoms with E-state index in [4.69, 9.17) is 11.6 Å². The molecule has 1 N–H and O–H groups in total. The Labute approximate surface area is 167 Å². The lowest BCUT2D eigenvalue weighted by atomic mass is 10.2. The van der Waals surface area contributed by atoms with E-state index < -0.39 is 15.9 Å². The van der Waals surface area contributed by atoms with E-state index in [0.29, 0.717) is 23.1 Å². The molecular formula is C18H20ClN3O3S2. The van der Waals surface area contributed by atoms with Gasteiger partial charge in [-0.3, -0.25) is 4.79 Å². The zero-order chi connectivity index (χ0) is 19.4. The number of halogens is 1. The van der Waals surface area contributed by atoms with Crippen LogP contribution in [0.3, 0.4) is 0 Å². The summed E-state index contributed by atoms with van der Waals surface area (Å²) in [7, 11) is -3.59. The zero-order valence-electron chi connectivity index (χ0n) is 14.8. The maximum Gasteiger partial charge on any atom is 0.271 e. The number of amides is 1. The van der Waals surface area contributed by atoms with E-state index in [0.717, 1.165) is 24.1 Å². The Kier molecular flexibility index (Phi) is 6.31. The Balaban J connectivity index is 1.75. The molecule has 1 amide bonds. The van der Waals surface area contributed by atoms with E-state index in [1.807, 2.05) is 6.07 Å². The van der Waals surface area contributed by atoms with Crippen LogP contribution in [0.5, 0.6) is 0 Å². The Morgan fingerprint density at radius 3 is 2.59 bits per heavy atom. The number of hydrogen-bond donors (Lipinski definition) is 1. The molecule has 2 heterocycles. The third-order valence-electron chi connectivity index (χ3n) is 4.30. The molecule has 1 saturated heterocycles. The summed E-state index contributed by atoms with van der Waals surface area (Å²) in [6.07, 6.45) is 2.77. The Morgan fingerprint density at radius 1 is 1.19 bits per heavy atom. The summed E-state index contributed by atoms with van der Waals surface area (Å²) >= 11 is 7.27.